The van der Waals surface area contributed by atoms with Gasteiger partial charge in [0, 0.05) is 23.1 Å². The van der Waals surface area contributed by atoms with E-state index in [1.165, 1.54) is 5.57 Å². The van der Waals surface area contributed by atoms with Crippen molar-refractivity contribution in [3.63, 3.8) is 0 Å². The molecule has 2 rings (SSSR count). The van der Waals surface area contributed by atoms with E-state index in [2.05, 4.69) is 73.9 Å². The number of rotatable bonds is 5. The van der Waals surface area contributed by atoms with Gasteiger partial charge in [0.05, 0.1) is 0 Å². The van der Waals surface area contributed by atoms with Gasteiger partial charge in [0.25, 0.3) is 0 Å². The molecule has 0 heterocycles. The van der Waals surface area contributed by atoms with Crippen molar-refractivity contribution in [3.05, 3.63) is 66.2 Å². The minimum atomic E-state index is 0.341. The zero-order valence-corrected chi connectivity index (χ0v) is 12.4. The van der Waals surface area contributed by atoms with Crippen LogP contribution in [0.5, 0.6) is 0 Å². The maximum absolute atomic E-state index is 3.46. The summed E-state index contributed by atoms with van der Waals surface area (Å²) in [5.74, 6) is 0. The number of allylic oxidation sites excluding steroid dienone is 1. The molecule has 0 aromatic heterocycles. The Hall–Kier alpha value is -2.22. The van der Waals surface area contributed by atoms with Crippen molar-refractivity contribution in [2.75, 3.05) is 10.6 Å². The summed E-state index contributed by atoms with van der Waals surface area (Å²) in [6, 6.07) is 18.9. The van der Waals surface area contributed by atoms with E-state index in [1.807, 2.05) is 18.2 Å². The summed E-state index contributed by atoms with van der Waals surface area (Å²) in [6.45, 7) is 6.39. The molecule has 0 aliphatic carbocycles. The van der Waals surface area contributed by atoms with Gasteiger partial charge in [-0.1, -0.05) is 29.8 Å². The number of benzene rings is 2. The van der Waals surface area contributed by atoms with Crippen LogP contribution in [0.3, 0.4) is 0 Å². The van der Waals surface area contributed by atoms with Crippen LogP contribution in [-0.2, 0) is 0 Å². The highest BCUT2D eigenvalue weighted by atomic mass is 14.9. The minimum Gasteiger partial charge on any atom is -0.379 e. The van der Waals surface area contributed by atoms with Crippen LogP contribution in [0.25, 0.3) is 0 Å². The fourth-order valence-corrected chi connectivity index (χ4v) is 2.14. The Labute approximate surface area is 121 Å². The minimum absolute atomic E-state index is 0.341. The first-order valence-corrected chi connectivity index (χ1v) is 6.97. The molecular weight excluding hydrogens is 244 g/mol. The highest BCUT2D eigenvalue weighted by Crippen LogP contribution is 2.19. The predicted molar refractivity (Wildman–Crippen MR) is 88.7 cm³/mol. The summed E-state index contributed by atoms with van der Waals surface area (Å²) in [7, 11) is 0. The molecule has 0 saturated carbocycles. The standard InChI is InChI=1S/C18H22N2/c1-14(2)13-15(3)19-17-9-11-18(12-10-17)20-16-7-5-4-6-8-16/h4-13,15,19-20H,1-3H3. The first kappa shape index (κ1) is 14.2. The Kier molecular flexibility index (Phi) is 4.83. The molecule has 2 N–H and O–H groups in total. The molecule has 2 heteroatoms. The van der Waals surface area contributed by atoms with Crippen LogP contribution in [-0.4, -0.2) is 6.04 Å². The molecule has 0 spiro atoms. The van der Waals surface area contributed by atoms with Gasteiger partial charge in [-0.25, -0.2) is 0 Å². The van der Waals surface area contributed by atoms with Crippen molar-refractivity contribution >= 4 is 17.1 Å². The number of anilines is 3. The number of nitrogens with one attached hydrogen (secondary N) is 2. The van der Waals surface area contributed by atoms with Gasteiger partial charge < -0.3 is 10.6 Å². The largest absolute Gasteiger partial charge is 0.379 e. The Morgan fingerprint density at radius 1 is 0.850 bits per heavy atom. The quantitative estimate of drug-likeness (QED) is 0.727. The Morgan fingerprint density at radius 3 is 2.00 bits per heavy atom. The summed E-state index contributed by atoms with van der Waals surface area (Å²) in [5, 5.41) is 6.84. The van der Waals surface area contributed by atoms with Crippen molar-refractivity contribution in [3.8, 4) is 0 Å². The molecule has 0 amide bonds. The molecule has 2 aromatic rings. The van der Waals surface area contributed by atoms with Gasteiger partial charge in [-0.15, -0.1) is 0 Å². The highest BCUT2D eigenvalue weighted by Gasteiger charge is 1.99. The SMILES string of the molecule is CC(C)=CC(C)Nc1ccc(Nc2ccccc2)cc1. The molecule has 0 aliphatic rings. The summed E-state index contributed by atoms with van der Waals surface area (Å²) < 4.78 is 0. The maximum Gasteiger partial charge on any atom is 0.0418 e. The number of hydrogen-bond donors (Lipinski definition) is 2. The molecule has 0 aliphatic heterocycles. The van der Waals surface area contributed by atoms with E-state index in [-0.39, 0.29) is 0 Å². The monoisotopic (exact) mass is 266 g/mol. The van der Waals surface area contributed by atoms with Gasteiger partial charge in [0.1, 0.15) is 0 Å². The molecule has 0 saturated heterocycles. The molecule has 0 radical (unpaired) electrons. The van der Waals surface area contributed by atoms with E-state index in [9.17, 15) is 0 Å². The normalized spacial score (nSPS) is 11.6. The topological polar surface area (TPSA) is 24.1 Å². The van der Waals surface area contributed by atoms with Crippen molar-refractivity contribution in [2.24, 2.45) is 0 Å². The molecule has 1 unspecified atom stereocenters. The first-order valence-electron chi connectivity index (χ1n) is 6.97. The third-order valence-corrected chi connectivity index (χ3v) is 2.93. The molecule has 2 nitrogen and oxygen atoms in total. The van der Waals surface area contributed by atoms with Crippen molar-refractivity contribution in [1.82, 2.24) is 0 Å². The second-order valence-electron chi connectivity index (χ2n) is 5.25. The molecular formula is C18H22N2. The van der Waals surface area contributed by atoms with Crippen LogP contribution in [0.4, 0.5) is 17.1 Å². The van der Waals surface area contributed by atoms with Crippen LogP contribution in [0.2, 0.25) is 0 Å². The fraction of sp³-hybridized carbons (Fsp3) is 0.222. The van der Waals surface area contributed by atoms with E-state index in [1.54, 1.807) is 0 Å². The maximum atomic E-state index is 3.46. The third-order valence-electron chi connectivity index (χ3n) is 2.93. The lowest BCUT2D eigenvalue weighted by atomic mass is 10.2. The van der Waals surface area contributed by atoms with E-state index >= 15 is 0 Å². The van der Waals surface area contributed by atoms with Gasteiger partial charge in [0.15, 0.2) is 0 Å². The van der Waals surface area contributed by atoms with E-state index in [0.717, 1.165) is 17.1 Å². The summed E-state index contributed by atoms with van der Waals surface area (Å²) >= 11 is 0. The smallest absolute Gasteiger partial charge is 0.0418 e. The lowest BCUT2D eigenvalue weighted by Gasteiger charge is -2.13. The lowest BCUT2D eigenvalue weighted by Crippen LogP contribution is -2.12. The number of para-hydroxylation sites is 1. The van der Waals surface area contributed by atoms with E-state index in [4.69, 9.17) is 0 Å². The highest BCUT2D eigenvalue weighted by molar-refractivity contribution is 5.62. The van der Waals surface area contributed by atoms with E-state index < -0.39 is 0 Å². The van der Waals surface area contributed by atoms with Crippen molar-refractivity contribution < 1.29 is 0 Å². The molecule has 2 aromatic carbocycles. The van der Waals surface area contributed by atoms with Gasteiger partial charge in [-0.3, -0.25) is 0 Å². The van der Waals surface area contributed by atoms with Crippen molar-refractivity contribution in [1.29, 1.82) is 0 Å². The number of hydrogen-bond acceptors (Lipinski definition) is 2. The predicted octanol–water partition coefficient (Wildman–Crippen LogP) is 5.20. The first-order chi connectivity index (χ1) is 9.63. The van der Waals surface area contributed by atoms with Crippen LogP contribution in [0.15, 0.2) is 66.2 Å². The van der Waals surface area contributed by atoms with E-state index in [0.29, 0.717) is 6.04 Å². The van der Waals surface area contributed by atoms with Gasteiger partial charge >= 0.3 is 0 Å². The zero-order valence-electron chi connectivity index (χ0n) is 12.4. The summed E-state index contributed by atoms with van der Waals surface area (Å²) in [5.41, 5.74) is 4.66. The zero-order chi connectivity index (χ0) is 14.4. The average Bonchev–Trinajstić information content (AvgIpc) is 2.41. The molecule has 0 bridgehead atoms. The second kappa shape index (κ2) is 6.80. The lowest BCUT2D eigenvalue weighted by molar-refractivity contribution is 0.982. The van der Waals surface area contributed by atoms with Crippen LogP contribution in [0.1, 0.15) is 20.8 Å². The van der Waals surface area contributed by atoms with Crippen LogP contribution in [0, 0.1) is 0 Å². The molecule has 1 atom stereocenters. The third kappa shape index (κ3) is 4.47. The molecule has 20 heavy (non-hydrogen) atoms. The van der Waals surface area contributed by atoms with Gasteiger partial charge in [-0.2, -0.15) is 0 Å². The Balaban J connectivity index is 1.98. The van der Waals surface area contributed by atoms with Crippen LogP contribution >= 0.6 is 0 Å². The summed E-state index contributed by atoms with van der Waals surface area (Å²) in [4.78, 5) is 0. The summed E-state index contributed by atoms with van der Waals surface area (Å²) in [6.07, 6.45) is 2.22. The molecule has 0 fully saturated rings. The fourth-order valence-electron chi connectivity index (χ4n) is 2.14. The average molecular weight is 266 g/mol. The Bertz CT molecular complexity index is 552. The van der Waals surface area contributed by atoms with Crippen molar-refractivity contribution in [2.45, 2.75) is 26.8 Å². The van der Waals surface area contributed by atoms with Crippen LogP contribution < -0.4 is 10.6 Å². The van der Waals surface area contributed by atoms with Gasteiger partial charge in [-0.05, 0) is 57.2 Å². The van der Waals surface area contributed by atoms with Gasteiger partial charge in [0.2, 0.25) is 0 Å². The second-order valence-corrected chi connectivity index (χ2v) is 5.25. The Morgan fingerprint density at radius 2 is 1.40 bits per heavy atom. The molecule has 104 valence electrons.